The highest BCUT2D eigenvalue weighted by Gasteiger charge is 2.22. The monoisotopic (exact) mass is 338 g/mol. The van der Waals surface area contributed by atoms with Crippen LogP contribution >= 0.6 is 27.7 Å². The number of nitrogens with zero attached hydrogens (tertiary/aromatic N) is 1. The van der Waals surface area contributed by atoms with E-state index >= 15 is 0 Å². The molecule has 1 aromatic carbocycles. The molecule has 1 unspecified atom stereocenters. The summed E-state index contributed by atoms with van der Waals surface area (Å²) in [5.74, 6) is 0. The molecule has 0 aliphatic carbocycles. The summed E-state index contributed by atoms with van der Waals surface area (Å²) in [6, 6.07) is 8.28. The first-order valence-corrected chi connectivity index (χ1v) is 7.54. The minimum atomic E-state index is -0.386. The van der Waals surface area contributed by atoms with Gasteiger partial charge in [-0.3, -0.25) is 14.3 Å². The first-order chi connectivity index (χ1) is 9.13. The van der Waals surface area contributed by atoms with Crippen molar-refractivity contribution in [3.63, 3.8) is 0 Å². The number of thioether (sulfide) groups is 1. The van der Waals surface area contributed by atoms with Crippen molar-refractivity contribution in [1.82, 2.24) is 9.55 Å². The van der Waals surface area contributed by atoms with Crippen LogP contribution in [0.5, 0.6) is 0 Å². The number of hydrogen-bond acceptors (Lipinski definition) is 3. The molecule has 1 N–H and O–H groups in total. The van der Waals surface area contributed by atoms with Gasteiger partial charge in [-0.1, -0.05) is 18.2 Å². The van der Waals surface area contributed by atoms with Crippen molar-refractivity contribution >= 4 is 27.7 Å². The van der Waals surface area contributed by atoms with E-state index in [1.807, 2.05) is 12.1 Å². The summed E-state index contributed by atoms with van der Waals surface area (Å²) >= 11 is 4.93. The first kappa shape index (κ1) is 12.7. The highest BCUT2D eigenvalue weighted by Crippen LogP contribution is 2.37. The van der Waals surface area contributed by atoms with Crippen molar-refractivity contribution in [2.75, 3.05) is 0 Å². The number of fused-ring (bicyclic) bond motifs is 1. The molecule has 1 atom stereocenters. The van der Waals surface area contributed by atoms with Gasteiger partial charge in [0, 0.05) is 22.9 Å². The fraction of sp³-hybridized carbons (Fsp3) is 0.231. The summed E-state index contributed by atoms with van der Waals surface area (Å²) in [4.78, 5) is 26.6. The Bertz CT molecular complexity index is 713. The molecule has 2 heterocycles. The van der Waals surface area contributed by atoms with Crippen molar-refractivity contribution in [2.45, 2.75) is 23.1 Å². The van der Waals surface area contributed by atoms with Crippen LogP contribution in [-0.4, -0.2) is 14.8 Å². The zero-order valence-corrected chi connectivity index (χ0v) is 12.3. The molecule has 0 saturated carbocycles. The minimum absolute atomic E-state index is 0.327. The quantitative estimate of drug-likeness (QED) is 0.911. The summed E-state index contributed by atoms with van der Waals surface area (Å²) in [7, 11) is 0. The van der Waals surface area contributed by atoms with Gasteiger partial charge in [-0.25, -0.2) is 4.79 Å². The molecule has 19 heavy (non-hydrogen) atoms. The molecule has 0 fully saturated rings. The second-order valence-corrected chi connectivity index (χ2v) is 6.64. The minimum Gasteiger partial charge on any atom is -0.298 e. The number of benzene rings is 1. The van der Waals surface area contributed by atoms with Gasteiger partial charge in [0.15, 0.2) is 0 Å². The van der Waals surface area contributed by atoms with Crippen LogP contribution in [0, 0.1) is 0 Å². The molecule has 0 saturated heterocycles. The van der Waals surface area contributed by atoms with Crippen molar-refractivity contribution in [3.05, 3.63) is 61.3 Å². The lowest BCUT2D eigenvalue weighted by atomic mass is 10.1. The third-order valence-corrected chi connectivity index (χ3v) is 4.95. The maximum Gasteiger partial charge on any atom is 0.328 e. The SMILES string of the molecule is O=c1[nH]c(=O)n(CC2Cc3ccccc3S2)cc1Br. The van der Waals surface area contributed by atoms with E-state index in [1.54, 1.807) is 22.5 Å². The average molecular weight is 339 g/mol. The zero-order valence-electron chi connectivity index (χ0n) is 9.93. The standard InChI is InChI=1S/C13H11BrN2O2S/c14-10-7-16(13(18)15-12(10)17)6-9-5-8-3-1-2-4-11(8)19-9/h1-4,7,9H,5-6H2,(H,15,17,18). The molecule has 0 amide bonds. The van der Waals surface area contributed by atoms with Crippen LogP contribution in [-0.2, 0) is 13.0 Å². The van der Waals surface area contributed by atoms with Gasteiger partial charge in [0.2, 0.25) is 0 Å². The predicted octanol–water partition coefficient (Wildman–Crippen LogP) is 2.02. The molecule has 1 aliphatic rings. The second kappa shape index (κ2) is 5.02. The summed E-state index contributed by atoms with van der Waals surface area (Å²) in [6.45, 7) is 0.591. The normalized spacial score (nSPS) is 17.4. The molecule has 0 spiro atoms. The fourth-order valence-electron chi connectivity index (χ4n) is 2.19. The number of halogens is 1. The van der Waals surface area contributed by atoms with E-state index in [2.05, 4.69) is 33.0 Å². The van der Waals surface area contributed by atoms with Gasteiger partial charge in [-0.05, 0) is 34.0 Å². The molecule has 1 aliphatic heterocycles. The Labute approximate surface area is 122 Å². The molecule has 2 aromatic rings. The highest BCUT2D eigenvalue weighted by atomic mass is 79.9. The fourth-order valence-corrected chi connectivity index (χ4v) is 3.86. The van der Waals surface area contributed by atoms with Crippen LogP contribution in [0.3, 0.4) is 0 Å². The Kier molecular flexibility index (Phi) is 3.36. The summed E-state index contributed by atoms with van der Waals surface area (Å²) in [5, 5.41) is 0.327. The van der Waals surface area contributed by atoms with E-state index in [0.29, 0.717) is 16.3 Å². The zero-order chi connectivity index (χ0) is 13.4. The summed E-state index contributed by atoms with van der Waals surface area (Å²) in [6.07, 6.45) is 2.51. The van der Waals surface area contributed by atoms with Gasteiger partial charge in [0.05, 0.1) is 4.47 Å². The highest BCUT2D eigenvalue weighted by molar-refractivity contribution is 9.10. The lowest BCUT2D eigenvalue weighted by molar-refractivity contribution is 0.619. The third kappa shape index (κ3) is 2.55. The van der Waals surface area contributed by atoms with Crippen LogP contribution < -0.4 is 11.2 Å². The van der Waals surface area contributed by atoms with Crippen LogP contribution in [0.25, 0.3) is 0 Å². The average Bonchev–Trinajstić information content (AvgIpc) is 2.78. The van der Waals surface area contributed by atoms with Crippen molar-refractivity contribution in [1.29, 1.82) is 0 Å². The predicted molar refractivity (Wildman–Crippen MR) is 78.8 cm³/mol. The Morgan fingerprint density at radius 1 is 1.37 bits per heavy atom. The molecule has 1 aromatic heterocycles. The second-order valence-electron chi connectivity index (χ2n) is 4.44. The smallest absolute Gasteiger partial charge is 0.298 e. The lowest BCUT2D eigenvalue weighted by Crippen LogP contribution is -2.32. The molecule has 98 valence electrons. The molecular formula is C13H11BrN2O2S. The lowest BCUT2D eigenvalue weighted by Gasteiger charge is -2.10. The Morgan fingerprint density at radius 2 is 2.16 bits per heavy atom. The molecule has 4 nitrogen and oxygen atoms in total. The van der Waals surface area contributed by atoms with Gasteiger partial charge in [0.25, 0.3) is 5.56 Å². The maximum absolute atomic E-state index is 11.7. The van der Waals surface area contributed by atoms with Crippen LogP contribution in [0.4, 0.5) is 0 Å². The van der Waals surface area contributed by atoms with Gasteiger partial charge in [0.1, 0.15) is 0 Å². The maximum atomic E-state index is 11.7. The van der Waals surface area contributed by atoms with Crippen LogP contribution in [0.1, 0.15) is 5.56 Å². The third-order valence-electron chi connectivity index (χ3n) is 3.08. The van der Waals surface area contributed by atoms with Gasteiger partial charge < -0.3 is 0 Å². The number of aromatic nitrogens is 2. The van der Waals surface area contributed by atoms with Gasteiger partial charge in [-0.15, -0.1) is 11.8 Å². The number of rotatable bonds is 2. The van der Waals surface area contributed by atoms with Crippen molar-refractivity contribution in [3.8, 4) is 0 Å². The topological polar surface area (TPSA) is 54.9 Å². The first-order valence-electron chi connectivity index (χ1n) is 5.87. The van der Waals surface area contributed by atoms with Crippen LogP contribution in [0.2, 0.25) is 0 Å². The molecule has 0 radical (unpaired) electrons. The van der Waals surface area contributed by atoms with Crippen molar-refractivity contribution < 1.29 is 0 Å². The number of hydrogen-bond donors (Lipinski definition) is 1. The number of nitrogens with one attached hydrogen (secondary N) is 1. The Morgan fingerprint density at radius 3 is 2.95 bits per heavy atom. The molecular weight excluding hydrogens is 328 g/mol. The van der Waals surface area contributed by atoms with Gasteiger partial charge >= 0.3 is 5.69 Å². The summed E-state index contributed by atoms with van der Waals surface area (Å²) in [5.41, 5.74) is 0.586. The van der Waals surface area contributed by atoms with E-state index in [0.717, 1.165) is 6.42 Å². The largest absolute Gasteiger partial charge is 0.328 e. The van der Waals surface area contributed by atoms with E-state index in [1.165, 1.54) is 10.5 Å². The van der Waals surface area contributed by atoms with E-state index in [-0.39, 0.29) is 11.2 Å². The van der Waals surface area contributed by atoms with Crippen molar-refractivity contribution in [2.24, 2.45) is 0 Å². The molecule has 0 bridgehead atoms. The summed E-state index contributed by atoms with van der Waals surface area (Å²) < 4.78 is 1.93. The molecule has 6 heteroatoms. The van der Waals surface area contributed by atoms with E-state index in [9.17, 15) is 9.59 Å². The Hall–Kier alpha value is -1.27. The number of H-pyrrole nitrogens is 1. The van der Waals surface area contributed by atoms with E-state index in [4.69, 9.17) is 0 Å². The van der Waals surface area contributed by atoms with E-state index < -0.39 is 0 Å². The Balaban J connectivity index is 1.83. The number of aromatic amines is 1. The van der Waals surface area contributed by atoms with Crippen LogP contribution in [0.15, 0.2) is 49.4 Å². The molecule has 3 rings (SSSR count). The van der Waals surface area contributed by atoms with Gasteiger partial charge in [-0.2, -0.15) is 0 Å².